The minimum atomic E-state index is -0.686. The zero-order valence-electron chi connectivity index (χ0n) is 10.3. The topological polar surface area (TPSA) is 55.8 Å². The Morgan fingerprint density at radius 2 is 2.11 bits per heavy atom. The Morgan fingerprint density at radius 1 is 1.37 bits per heavy atom. The standard InChI is InChI=1S/C15H14O4/c1-2-3-9-12-13(16)14(15(17)19-12)18-10-11-7-5-4-6-8-11/h1,4-8,12,16H,3,9-10H2. The summed E-state index contributed by atoms with van der Waals surface area (Å²) < 4.78 is 10.3. The zero-order chi connectivity index (χ0) is 13.7. The molecule has 1 unspecified atom stereocenters. The Bertz CT molecular complexity index is 525. The van der Waals surface area contributed by atoms with Gasteiger partial charge in [0.05, 0.1) is 0 Å². The Balaban J connectivity index is 2.00. The lowest BCUT2D eigenvalue weighted by molar-refractivity contribution is -0.143. The van der Waals surface area contributed by atoms with Crippen molar-refractivity contribution in [2.75, 3.05) is 0 Å². The Hall–Kier alpha value is -2.41. The molecular formula is C15H14O4. The lowest BCUT2D eigenvalue weighted by Gasteiger charge is -2.06. The fourth-order valence-electron chi connectivity index (χ4n) is 1.76. The van der Waals surface area contributed by atoms with Crippen LogP contribution in [0.25, 0.3) is 0 Å². The van der Waals surface area contributed by atoms with Crippen molar-refractivity contribution in [3.8, 4) is 12.3 Å². The summed E-state index contributed by atoms with van der Waals surface area (Å²) in [7, 11) is 0. The number of ether oxygens (including phenoxy) is 2. The quantitative estimate of drug-likeness (QED) is 0.650. The molecule has 0 aliphatic carbocycles. The average Bonchev–Trinajstić information content (AvgIpc) is 2.70. The molecule has 0 spiro atoms. The second kappa shape index (κ2) is 5.96. The molecule has 4 heteroatoms. The molecule has 19 heavy (non-hydrogen) atoms. The van der Waals surface area contributed by atoms with Gasteiger partial charge in [-0.1, -0.05) is 30.3 Å². The van der Waals surface area contributed by atoms with Crippen molar-refractivity contribution in [2.45, 2.75) is 25.6 Å². The molecule has 0 amide bonds. The maximum absolute atomic E-state index is 11.6. The molecule has 0 bridgehead atoms. The molecule has 0 saturated carbocycles. The normalized spacial score (nSPS) is 18.1. The van der Waals surface area contributed by atoms with Crippen molar-refractivity contribution in [1.29, 1.82) is 0 Å². The first-order chi connectivity index (χ1) is 9.22. The molecule has 4 nitrogen and oxygen atoms in total. The van der Waals surface area contributed by atoms with Gasteiger partial charge in [-0.3, -0.25) is 0 Å². The molecule has 1 atom stereocenters. The zero-order valence-corrected chi connectivity index (χ0v) is 10.3. The lowest BCUT2D eigenvalue weighted by atomic mass is 10.2. The van der Waals surface area contributed by atoms with E-state index in [1.807, 2.05) is 30.3 Å². The van der Waals surface area contributed by atoms with E-state index in [0.29, 0.717) is 12.8 Å². The van der Waals surface area contributed by atoms with Crippen LogP contribution < -0.4 is 0 Å². The van der Waals surface area contributed by atoms with Gasteiger partial charge in [0.25, 0.3) is 0 Å². The molecule has 0 fully saturated rings. The highest BCUT2D eigenvalue weighted by Crippen LogP contribution is 2.25. The molecule has 1 N–H and O–H groups in total. The predicted octanol–water partition coefficient (Wildman–Crippen LogP) is 2.31. The van der Waals surface area contributed by atoms with Crippen LogP contribution in [0.4, 0.5) is 0 Å². The second-order valence-electron chi connectivity index (χ2n) is 4.13. The van der Waals surface area contributed by atoms with Gasteiger partial charge in [-0.2, -0.15) is 0 Å². The van der Waals surface area contributed by atoms with Crippen LogP contribution >= 0.6 is 0 Å². The molecule has 1 aliphatic heterocycles. The number of aliphatic hydroxyl groups excluding tert-OH is 1. The van der Waals surface area contributed by atoms with Gasteiger partial charge < -0.3 is 14.6 Å². The fourth-order valence-corrected chi connectivity index (χ4v) is 1.76. The summed E-state index contributed by atoms with van der Waals surface area (Å²) in [6.45, 7) is 0.206. The number of cyclic esters (lactones) is 1. The van der Waals surface area contributed by atoms with Crippen molar-refractivity contribution in [3.63, 3.8) is 0 Å². The van der Waals surface area contributed by atoms with Crippen LogP contribution in [-0.4, -0.2) is 17.2 Å². The molecular weight excluding hydrogens is 244 g/mol. The van der Waals surface area contributed by atoms with E-state index in [1.54, 1.807) is 0 Å². The van der Waals surface area contributed by atoms with E-state index in [0.717, 1.165) is 5.56 Å². The van der Waals surface area contributed by atoms with Gasteiger partial charge in [-0.05, 0) is 5.56 Å². The molecule has 1 aromatic rings. The van der Waals surface area contributed by atoms with E-state index in [-0.39, 0.29) is 18.1 Å². The molecule has 1 heterocycles. The maximum atomic E-state index is 11.6. The van der Waals surface area contributed by atoms with Crippen LogP contribution in [0.5, 0.6) is 0 Å². The van der Waals surface area contributed by atoms with Gasteiger partial charge in [-0.25, -0.2) is 4.79 Å². The molecule has 0 radical (unpaired) electrons. The second-order valence-corrected chi connectivity index (χ2v) is 4.13. The average molecular weight is 258 g/mol. The van der Waals surface area contributed by atoms with E-state index in [4.69, 9.17) is 15.9 Å². The summed E-state index contributed by atoms with van der Waals surface area (Å²) in [5, 5.41) is 9.86. The van der Waals surface area contributed by atoms with Crippen molar-refractivity contribution in [3.05, 3.63) is 47.4 Å². The highest BCUT2D eigenvalue weighted by molar-refractivity contribution is 5.89. The maximum Gasteiger partial charge on any atom is 0.378 e. The summed E-state index contributed by atoms with van der Waals surface area (Å²) in [4.78, 5) is 11.6. The van der Waals surface area contributed by atoms with Gasteiger partial charge in [-0.15, -0.1) is 12.3 Å². The van der Waals surface area contributed by atoms with Crippen molar-refractivity contribution in [1.82, 2.24) is 0 Å². The molecule has 1 aromatic carbocycles. The SMILES string of the molecule is C#CCCC1OC(=O)C(OCc2ccccc2)=C1O. The molecule has 0 aromatic heterocycles. The first kappa shape index (κ1) is 13.0. The number of carbonyl (C=O) groups is 1. The van der Waals surface area contributed by atoms with Crippen molar-refractivity contribution in [2.24, 2.45) is 0 Å². The highest BCUT2D eigenvalue weighted by Gasteiger charge is 2.35. The van der Waals surface area contributed by atoms with E-state index in [2.05, 4.69) is 5.92 Å². The van der Waals surface area contributed by atoms with Gasteiger partial charge in [0.1, 0.15) is 6.61 Å². The third kappa shape index (κ3) is 3.08. The number of terminal acetylenes is 1. The van der Waals surface area contributed by atoms with Crippen molar-refractivity contribution >= 4 is 5.97 Å². The van der Waals surface area contributed by atoms with Crippen LogP contribution in [0, 0.1) is 12.3 Å². The minimum absolute atomic E-state index is 0.120. The molecule has 98 valence electrons. The van der Waals surface area contributed by atoms with E-state index in [9.17, 15) is 9.90 Å². The highest BCUT2D eigenvalue weighted by atomic mass is 16.6. The number of rotatable bonds is 5. The summed E-state index contributed by atoms with van der Waals surface area (Å²) in [6.07, 6.45) is 5.27. The summed E-state index contributed by atoms with van der Waals surface area (Å²) in [5.74, 6) is 1.50. The van der Waals surface area contributed by atoms with Crippen LogP contribution in [0.15, 0.2) is 41.9 Å². The third-order valence-corrected chi connectivity index (χ3v) is 2.75. The summed E-state index contributed by atoms with van der Waals surface area (Å²) in [5.41, 5.74) is 0.905. The first-order valence-corrected chi connectivity index (χ1v) is 5.96. The van der Waals surface area contributed by atoms with Crippen LogP contribution in [0.3, 0.4) is 0 Å². The van der Waals surface area contributed by atoms with E-state index < -0.39 is 12.1 Å². The third-order valence-electron chi connectivity index (χ3n) is 2.75. The number of carbonyl (C=O) groups excluding carboxylic acids is 1. The minimum Gasteiger partial charge on any atom is -0.505 e. The fraction of sp³-hybridized carbons (Fsp3) is 0.267. The van der Waals surface area contributed by atoms with Crippen LogP contribution in [-0.2, 0) is 20.9 Å². The molecule has 0 saturated heterocycles. The number of aliphatic hydroxyl groups is 1. The van der Waals surface area contributed by atoms with Crippen LogP contribution in [0.2, 0.25) is 0 Å². The van der Waals surface area contributed by atoms with Gasteiger partial charge >= 0.3 is 5.97 Å². The number of esters is 1. The number of hydrogen-bond donors (Lipinski definition) is 1. The Labute approximate surface area is 111 Å². The smallest absolute Gasteiger partial charge is 0.378 e. The van der Waals surface area contributed by atoms with Gasteiger partial charge in [0, 0.05) is 12.8 Å². The number of hydrogen-bond acceptors (Lipinski definition) is 4. The van der Waals surface area contributed by atoms with E-state index >= 15 is 0 Å². The Morgan fingerprint density at radius 3 is 2.79 bits per heavy atom. The van der Waals surface area contributed by atoms with Crippen LogP contribution in [0.1, 0.15) is 18.4 Å². The lowest BCUT2D eigenvalue weighted by Crippen LogP contribution is -2.11. The first-order valence-electron chi connectivity index (χ1n) is 5.96. The molecule has 1 aliphatic rings. The number of benzene rings is 1. The predicted molar refractivity (Wildman–Crippen MR) is 68.8 cm³/mol. The van der Waals surface area contributed by atoms with Crippen molar-refractivity contribution < 1.29 is 19.4 Å². The van der Waals surface area contributed by atoms with Gasteiger partial charge in [0.2, 0.25) is 5.76 Å². The summed E-state index contributed by atoms with van der Waals surface area (Å²) >= 11 is 0. The molecule has 2 rings (SSSR count). The Kier molecular flexibility index (Phi) is 4.09. The monoisotopic (exact) mass is 258 g/mol. The van der Waals surface area contributed by atoms with Gasteiger partial charge in [0.15, 0.2) is 11.9 Å². The summed E-state index contributed by atoms with van der Waals surface area (Å²) in [6, 6.07) is 9.37. The largest absolute Gasteiger partial charge is 0.505 e. The van der Waals surface area contributed by atoms with E-state index in [1.165, 1.54) is 0 Å².